The molecule has 0 aliphatic carbocycles. The van der Waals surface area contributed by atoms with E-state index in [-0.39, 0.29) is 16.7 Å². The number of carboxylic acid groups (broad SMARTS) is 1. The summed E-state index contributed by atoms with van der Waals surface area (Å²) >= 11 is 0. The summed E-state index contributed by atoms with van der Waals surface area (Å²) in [5.41, 5.74) is 4.16. The predicted octanol–water partition coefficient (Wildman–Crippen LogP) is 4.34. The second kappa shape index (κ2) is 10.2. The fourth-order valence-electron chi connectivity index (χ4n) is 4.71. The highest BCUT2D eigenvalue weighted by molar-refractivity contribution is 5.96. The van der Waals surface area contributed by atoms with E-state index < -0.39 is 12.1 Å². The van der Waals surface area contributed by atoms with Gasteiger partial charge >= 0.3 is 12.1 Å². The maximum Gasteiger partial charge on any atom is 0.490 e. The second-order valence-corrected chi connectivity index (χ2v) is 10.7. The lowest BCUT2D eigenvalue weighted by Crippen LogP contribution is -2.54. The summed E-state index contributed by atoms with van der Waals surface area (Å²) in [5, 5.41) is 7.12. The maximum atomic E-state index is 12.8. The number of aromatic nitrogens is 2. The SMILES string of the molecule is Cc1cccc(CN2CCC3(CC2)CN(C)C(=O)c2cnc(C(C)(C)C)nc23)c1.O=C(O)C(F)(F)F. The maximum absolute atomic E-state index is 12.8. The number of rotatable bonds is 2. The molecule has 0 bridgehead atoms. The standard InChI is InChI=1S/C24H32N4O.C2HF3O2/c1-17-7-6-8-18(13-17)15-28-11-9-24(10-12-28)16-27(5)21(29)19-14-25-22(23(2,3)4)26-20(19)24;3-2(4,5)1(6)7/h6-8,13-14H,9-12,15-16H2,1-5H3;(H,6,7). The van der Waals surface area contributed by atoms with E-state index in [2.05, 4.69) is 61.8 Å². The zero-order valence-electron chi connectivity index (χ0n) is 21.3. The molecule has 1 aromatic heterocycles. The molecule has 196 valence electrons. The Morgan fingerprint density at radius 2 is 1.78 bits per heavy atom. The third-order valence-electron chi connectivity index (χ3n) is 6.62. The van der Waals surface area contributed by atoms with Crippen molar-refractivity contribution in [3.05, 3.63) is 58.7 Å². The van der Waals surface area contributed by atoms with Gasteiger partial charge in [-0.25, -0.2) is 14.8 Å². The number of piperidine rings is 1. The van der Waals surface area contributed by atoms with Crippen LogP contribution in [0.1, 0.15) is 66.6 Å². The Morgan fingerprint density at radius 1 is 1.17 bits per heavy atom. The highest BCUT2D eigenvalue weighted by atomic mass is 19.4. The molecule has 0 radical (unpaired) electrons. The van der Waals surface area contributed by atoms with Crippen molar-refractivity contribution < 1.29 is 27.9 Å². The third-order valence-corrected chi connectivity index (χ3v) is 6.62. The Morgan fingerprint density at radius 3 is 2.31 bits per heavy atom. The van der Waals surface area contributed by atoms with Crippen molar-refractivity contribution in [1.82, 2.24) is 19.8 Å². The molecule has 4 rings (SSSR count). The minimum absolute atomic E-state index is 0.0493. The molecule has 1 aromatic carbocycles. The second-order valence-electron chi connectivity index (χ2n) is 10.7. The predicted molar refractivity (Wildman–Crippen MR) is 129 cm³/mol. The Bertz CT molecular complexity index is 1120. The molecule has 2 aliphatic rings. The van der Waals surface area contributed by atoms with E-state index >= 15 is 0 Å². The molecule has 1 saturated heterocycles. The van der Waals surface area contributed by atoms with Crippen LogP contribution in [0.15, 0.2) is 30.5 Å². The van der Waals surface area contributed by atoms with Crippen molar-refractivity contribution in [1.29, 1.82) is 0 Å². The highest BCUT2D eigenvalue weighted by Gasteiger charge is 2.46. The van der Waals surface area contributed by atoms with Gasteiger partial charge in [0.05, 0.1) is 11.3 Å². The van der Waals surface area contributed by atoms with Gasteiger partial charge in [0, 0.05) is 37.2 Å². The Balaban J connectivity index is 0.000000454. The van der Waals surface area contributed by atoms with Crippen LogP contribution < -0.4 is 0 Å². The number of hydrogen-bond acceptors (Lipinski definition) is 5. The molecule has 1 spiro atoms. The van der Waals surface area contributed by atoms with Crippen molar-refractivity contribution >= 4 is 11.9 Å². The van der Waals surface area contributed by atoms with Crippen LogP contribution in [0.4, 0.5) is 13.2 Å². The van der Waals surface area contributed by atoms with Gasteiger partial charge in [0.1, 0.15) is 5.82 Å². The minimum atomic E-state index is -5.08. The van der Waals surface area contributed by atoms with E-state index in [0.717, 1.165) is 50.5 Å². The topological polar surface area (TPSA) is 86.6 Å². The van der Waals surface area contributed by atoms with Crippen LogP contribution in [0.25, 0.3) is 0 Å². The zero-order valence-corrected chi connectivity index (χ0v) is 21.3. The number of alkyl halides is 3. The lowest BCUT2D eigenvalue weighted by atomic mass is 9.71. The number of amides is 1. The van der Waals surface area contributed by atoms with Crippen molar-refractivity contribution in [3.8, 4) is 0 Å². The van der Waals surface area contributed by atoms with E-state index in [0.29, 0.717) is 5.56 Å². The molecule has 1 amide bonds. The number of halogens is 3. The lowest BCUT2D eigenvalue weighted by Gasteiger charge is -2.46. The van der Waals surface area contributed by atoms with Gasteiger partial charge in [0.15, 0.2) is 0 Å². The van der Waals surface area contributed by atoms with Crippen molar-refractivity contribution in [2.45, 2.75) is 64.1 Å². The molecule has 3 heterocycles. The number of aliphatic carboxylic acids is 1. The van der Waals surface area contributed by atoms with Gasteiger partial charge in [-0.05, 0) is 38.4 Å². The van der Waals surface area contributed by atoms with Crippen LogP contribution >= 0.6 is 0 Å². The molecule has 10 heteroatoms. The summed E-state index contributed by atoms with van der Waals surface area (Å²) in [5.74, 6) is -1.88. The van der Waals surface area contributed by atoms with E-state index in [9.17, 15) is 18.0 Å². The fourth-order valence-corrected chi connectivity index (χ4v) is 4.71. The van der Waals surface area contributed by atoms with Gasteiger partial charge in [0.2, 0.25) is 0 Å². The summed E-state index contributed by atoms with van der Waals surface area (Å²) in [6.07, 6.45) is -1.28. The largest absolute Gasteiger partial charge is 0.490 e. The van der Waals surface area contributed by atoms with Gasteiger partial charge in [-0.2, -0.15) is 13.2 Å². The number of likely N-dealkylation sites (tertiary alicyclic amines) is 1. The Labute approximate surface area is 209 Å². The van der Waals surface area contributed by atoms with Gasteiger partial charge in [-0.3, -0.25) is 9.69 Å². The van der Waals surface area contributed by atoms with Crippen LogP contribution in [0.2, 0.25) is 0 Å². The van der Waals surface area contributed by atoms with Gasteiger partial charge in [0.25, 0.3) is 5.91 Å². The number of fused-ring (bicyclic) bond motifs is 2. The van der Waals surface area contributed by atoms with Gasteiger partial charge in [-0.15, -0.1) is 0 Å². The van der Waals surface area contributed by atoms with Crippen LogP contribution in [0.3, 0.4) is 0 Å². The normalized spacial score (nSPS) is 17.9. The quantitative estimate of drug-likeness (QED) is 0.652. The molecular formula is C26H33F3N4O3. The first kappa shape index (κ1) is 27.6. The average Bonchev–Trinajstić information content (AvgIpc) is 2.78. The number of hydrogen-bond donors (Lipinski definition) is 1. The molecule has 2 aromatic rings. The molecule has 7 nitrogen and oxygen atoms in total. The number of benzene rings is 1. The van der Waals surface area contributed by atoms with E-state index in [1.165, 1.54) is 11.1 Å². The van der Waals surface area contributed by atoms with E-state index in [4.69, 9.17) is 14.9 Å². The third kappa shape index (κ3) is 6.21. The van der Waals surface area contributed by atoms with Gasteiger partial charge < -0.3 is 10.0 Å². The number of carboxylic acids is 1. The molecule has 2 aliphatic heterocycles. The summed E-state index contributed by atoms with van der Waals surface area (Å²) < 4.78 is 31.7. The van der Waals surface area contributed by atoms with Crippen LogP contribution in [-0.4, -0.2) is 69.6 Å². The molecular weight excluding hydrogens is 473 g/mol. The van der Waals surface area contributed by atoms with E-state index in [1.807, 2.05) is 11.9 Å². The van der Waals surface area contributed by atoms with Crippen LogP contribution in [-0.2, 0) is 22.2 Å². The molecule has 1 N–H and O–H groups in total. The first-order chi connectivity index (χ1) is 16.6. The number of carbonyl (C=O) groups is 2. The molecule has 0 saturated carbocycles. The summed E-state index contributed by atoms with van der Waals surface area (Å²) in [6.45, 7) is 12.3. The van der Waals surface area contributed by atoms with Gasteiger partial charge in [-0.1, -0.05) is 50.6 Å². The summed E-state index contributed by atoms with van der Waals surface area (Å²) in [7, 11) is 1.91. The fraction of sp³-hybridized carbons (Fsp3) is 0.538. The lowest BCUT2D eigenvalue weighted by molar-refractivity contribution is -0.192. The monoisotopic (exact) mass is 506 g/mol. The minimum Gasteiger partial charge on any atom is -0.475 e. The van der Waals surface area contributed by atoms with Crippen molar-refractivity contribution in [3.63, 3.8) is 0 Å². The first-order valence-corrected chi connectivity index (χ1v) is 11.8. The molecule has 1 fully saturated rings. The highest BCUT2D eigenvalue weighted by Crippen LogP contribution is 2.41. The zero-order chi connectivity index (χ0) is 26.9. The smallest absolute Gasteiger partial charge is 0.475 e. The van der Waals surface area contributed by atoms with E-state index in [1.54, 1.807) is 6.20 Å². The van der Waals surface area contributed by atoms with Crippen LogP contribution in [0, 0.1) is 6.92 Å². The Kier molecular flexibility index (Phi) is 7.78. The molecule has 0 atom stereocenters. The first-order valence-electron chi connectivity index (χ1n) is 11.8. The number of carbonyl (C=O) groups excluding carboxylic acids is 1. The summed E-state index contributed by atoms with van der Waals surface area (Å²) in [4.78, 5) is 35.6. The summed E-state index contributed by atoms with van der Waals surface area (Å²) in [6, 6.07) is 8.77. The Hall–Kier alpha value is -3.01. The average molecular weight is 507 g/mol. The van der Waals surface area contributed by atoms with Crippen molar-refractivity contribution in [2.24, 2.45) is 0 Å². The number of nitrogens with zero attached hydrogens (tertiary/aromatic N) is 4. The molecule has 0 unspecified atom stereocenters. The number of likely N-dealkylation sites (N-methyl/N-ethyl adjacent to an activating group) is 1. The van der Waals surface area contributed by atoms with Crippen LogP contribution in [0.5, 0.6) is 0 Å². The van der Waals surface area contributed by atoms with Crippen molar-refractivity contribution in [2.75, 3.05) is 26.7 Å². The number of aryl methyl sites for hydroxylation is 1. The molecule has 36 heavy (non-hydrogen) atoms.